The maximum Gasteiger partial charge on any atom is 0.224 e. The monoisotopic (exact) mass is 306 g/mol. The van der Waals surface area contributed by atoms with Crippen molar-refractivity contribution < 1.29 is 0 Å². The van der Waals surface area contributed by atoms with Crippen LogP contribution >= 0.6 is 39.1 Å². The second-order valence-electron chi connectivity index (χ2n) is 2.82. The molecule has 0 atom stereocenters. The molecule has 2 aromatic heterocycles. The lowest BCUT2D eigenvalue weighted by molar-refractivity contribution is 0.820. The number of rotatable bonds is 1. The molecule has 2 rings (SSSR count). The second-order valence-corrected chi connectivity index (χ2v) is 4.42. The van der Waals surface area contributed by atoms with E-state index in [9.17, 15) is 0 Å². The molecule has 0 bridgehead atoms. The standard InChI is InChI=1S/C8H5BrCl2N4/c1-4-6(10)3-15(14-4)7-5(9)2-12-8(11)13-7/h2-3H,1H3. The van der Waals surface area contributed by atoms with Crippen LogP contribution in [0.4, 0.5) is 0 Å². The minimum Gasteiger partial charge on any atom is -0.225 e. The molecule has 4 nitrogen and oxygen atoms in total. The van der Waals surface area contributed by atoms with Crippen molar-refractivity contribution in [3.8, 4) is 5.82 Å². The summed E-state index contributed by atoms with van der Waals surface area (Å²) < 4.78 is 2.25. The molecule has 2 aromatic rings. The lowest BCUT2D eigenvalue weighted by Gasteiger charge is -2.02. The molecule has 0 amide bonds. The molecule has 0 unspecified atom stereocenters. The lowest BCUT2D eigenvalue weighted by atomic mass is 10.5. The van der Waals surface area contributed by atoms with Gasteiger partial charge in [0, 0.05) is 6.20 Å². The number of hydrogen-bond acceptors (Lipinski definition) is 3. The van der Waals surface area contributed by atoms with E-state index in [-0.39, 0.29) is 5.28 Å². The summed E-state index contributed by atoms with van der Waals surface area (Å²) in [6, 6.07) is 0. The van der Waals surface area contributed by atoms with Crippen molar-refractivity contribution in [3.05, 3.63) is 32.9 Å². The second kappa shape index (κ2) is 4.08. The summed E-state index contributed by atoms with van der Waals surface area (Å²) in [4.78, 5) is 7.87. The van der Waals surface area contributed by atoms with Gasteiger partial charge in [-0.15, -0.1) is 0 Å². The first-order valence-electron chi connectivity index (χ1n) is 3.98. The van der Waals surface area contributed by atoms with Gasteiger partial charge in [0.1, 0.15) is 0 Å². The van der Waals surface area contributed by atoms with Crippen molar-refractivity contribution in [1.29, 1.82) is 0 Å². The molecular formula is C8H5BrCl2N4. The first-order valence-corrected chi connectivity index (χ1v) is 5.53. The van der Waals surface area contributed by atoms with Gasteiger partial charge in [0.05, 0.1) is 21.4 Å². The fourth-order valence-corrected chi connectivity index (χ4v) is 1.68. The van der Waals surface area contributed by atoms with Gasteiger partial charge >= 0.3 is 0 Å². The van der Waals surface area contributed by atoms with Crippen LogP contribution in [0.15, 0.2) is 16.9 Å². The zero-order chi connectivity index (χ0) is 11.0. The third-order valence-corrected chi connectivity index (χ3v) is 2.86. The average Bonchev–Trinajstić information content (AvgIpc) is 2.51. The highest BCUT2D eigenvalue weighted by molar-refractivity contribution is 9.10. The van der Waals surface area contributed by atoms with Gasteiger partial charge in [-0.1, -0.05) is 11.6 Å². The molecule has 7 heteroatoms. The van der Waals surface area contributed by atoms with E-state index in [1.54, 1.807) is 17.1 Å². The van der Waals surface area contributed by atoms with Crippen LogP contribution in [0.1, 0.15) is 5.69 Å². The number of halogens is 3. The molecule has 0 aliphatic heterocycles. The van der Waals surface area contributed by atoms with Gasteiger partial charge in [0.25, 0.3) is 0 Å². The van der Waals surface area contributed by atoms with E-state index >= 15 is 0 Å². The largest absolute Gasteiger partial charge is 0.225 e. The van der Waals surface area contributed by atoms with Crippen LogP contribution < -0.4 is 0 Å². The minimum atomic E-state index is 0.164. The number of hydrogen-bond donors (Lipinski definition) is 0. The maximum atomic E-state index is 5.90. The molecule has 0 saturated carbocycles. The normalized spacial score (nSPS) is 10.7. The average molecular weight is 308 g/mol. The Morgan fingerprint density at radius 2 is 2.13 bits per heavy atom. The zero-order valence-electron chi connectivity index (χ0n) is 7.58. The van der Waals surface area contributed by atoms with Gasteiger partial charge in [0.2, 0.25) is 5.28 Å². The highest BCUT2D eigenvalue weighted by atomic mass is 79.9. The van der Waals surface area contributed by atoms with E-state index in [1.165, 1.54) is 0 Å². The van der Waals surface area contributed by atoms with Gasteiger partial charge < -0.3 is 0 Å². The number of aromatic nitrogens is 4. The van der Waals surface area contributed by atoms with Gasteiger partial charge in [0.15, 0.2) is 5.82 Å². The quantitative estimate of drug-likeness (QED) is 0.761. The predicted molar refractivity (Wildman–Crippen MR) is 61.6 cm³/mol. The highest BCUT2D eigenvalue weighted by Gasteiger charge is 2.09. The van der Waals surface area contributed by atoms with Crippen LogP contribution in [0.25, 0.3) is 5.82 Å². The van der Waals surface area contributed by atoms with Crippen LogP contribution in [0.3, 0.4) is 0 Å². The molecule has 2 heterocycles. The molecule has 0 fully saturated rings. The Labute approximate surface area is 104 Å². The predicted octanol–water partition coefficient (Wildman–Crippen LogP) is 3.04. The van der Waals surface area contributed by atoms with Crippen molar-refractivity contribution in [2.24, 2.45) is 0 Å². The van der Waals surface area contributed by atoms with Gasteiger partial charge in [-0.2, -0.15) is 10.1 Å². The Morgan fingerprint density at radius 1 is 1.40 bits per heavy atom. The third kappa shape index (κ3) is 2.14. The zero-order valence-corrected chi connectivity index (χ0v) is 10.7. The van der Waals surface area contributed by atoms with E-state index in [4.69, 9.17) is 23.2 Å². The van der Waals surface area contributed by atoms with E-state index in [1.807, 2.05) is 6.92 Å². The molecule has 0 saturated heterocycles. The SMILES string of the molecule is Cc1nn(-c2nc(Cl)ncc2Br)cc1Cl. The van der Waals surface area contributed by atoms with Crippen LogP contribution in [0, 0.1) is 6.92 Å². The smallest absolute Gasteiger partial charge is 0.224 e. The van der Waals surface area contributed by atoms with Crippen LogP contribution in [0.2, 0.25) is 10.3 Å². The molecule has 0 aromatic carbocycles. The van der Waals surface area contributed by atoms with Crippen molar-refractivity contribution in [3.63, 3.8) is 0 Å². The van der Waals surface area contributed by atoms with Gasteiger partial charge in [-0.25, -0.2) is 9.67 Å². The highest BCUT2D eigenvalue weighted by Crippen LogP contribution is 2.21. The van der Waals surface area contributed by atoms with Gasteiger partial charge in [-0.3, -0.25) is 0 Å². The molecule has 0 N–H and O–H groups in total. The van der Waals surface area contributed by atoms with Gasteiger partial charge in [-0.05, 0) is 34.5 Å². The summed E-state index contributed by atoms with van der Waals surface area (Å²) in [5.74, 6) is 0.560. The summed E-state index contributed by atoms with van der Waals surface area (Å²) in [5, 5.41) is 4.93. The summed E-state index contributed by atoms with van der Waals surface area (Å²) in [7, 11) is 0. The summed E-state index contributed by atoms with van der Waals surface area (Å²) in [5.41, 5.74) is 0.735. The topological polar surface area (TPSA) is 43.6 Å². The first kappa shape index (κ1) is 10.9. The lowest BCUT2D eigenvalue weighted by Crippen LogP contribution is -2.00. The summed E-state index contributed by atoms with van der Waals surface area (Å²) in [6.45, 7) is 1.82. The number of nitrogens with zero attached hydrogens (tertiary/aromatic N) is 4. The van der Waals surface area contributed by atoms with Crippen LogP contribution in [0.5, 0.6) is 0 Å². The maximum absolute atomic E-state index is 5.90. The molecule has 15 heavy (non-hydrogen) atoms. The fourth-order valence-electron chi connectivity index (χ4n) is 1.05. The van der Waals surface area contributed by atoms with Crippen LogP contribution in [-0.2, 0) is 0 Å². The molecular weight excluding hydrogens is 303 g/mol. The van der Waals surface area contributed by atoms with E-state index in [2.05, 4.69) is 31.0 Å². The Morgan fingerprint density at radius 3 is 2.73 bits per heavy atom. The Kier molecular flexibility index (Phi) is 2.95. The first-order chi connectivity index (χ1) is 7.08. The molecule has 0 aliphatic carbocycles. The Bertz CT molecular complexity index is 492. The van der Waals surface area contributed by atoms with E-state index in [0.29, 0.717) is 15.3 Å². The molecule has 78 valence electrons. The van der Waals surface area contributed by atoms with E-state index < -0.39 is 0 Å². The Hall–Kier alpha value is -0.650. The van der Waals surface area contributed by atoms with Crippen LogP contribution in [-0.4, -0.2) is 19.7 Å². The van der Waals surface area contributed by atoms with E-state index in [0.717, 1.165) is 5.69 Å². The molecule has 0 spiro atoms. The summed E-state index contributed by atoms with van der Waals surface area (Å²) in [6.07, 6.45) is 3.23. The Balaban J connectivity index is 2.58. The summed E-state index contributed by atoms with van der Waals surface area (Å²) >= 11 is 14.9. The molecule has 0 aliphatic rings. The third-order valence-electron chi connectivity index (χ3n) is 1.75. The fraction of sp³-hybridized carbons (Fsp3) is 0.125. The van der Waals surface area contributed by atoms with Crippen molar-refractivity contribution >= 4 is 39.1 Å². The van der Waals surface area contributed by atoms with Crippen molar-refractivity contribution in [2.45, 2.75) is 6.92 Å². The van der Waals surface area contributed by atoms with Crippen molar-refractivity contribution in [1.82, 2.24) is 19.7 Å². The van der Waals surface area contributed by atoms with Crippen molar-refractivity contribution in [2.75, 3.05) is 0 Å². The minimum absolute atomic E-state index is 0.164. The number of aryl methyl sites for hydroxylation is 1. The molecule has 0 radical (unpaired) electrons.